The van der Waals surface area contributed by atoms with E-state index in [1.54, 1.807) is 24.5 Å². The van der Waals surface area contributed by atoms with Crippen LogP contribution in [0.3, 0.4) is 0 Å². The van der Waals surface area contributed by atoms with Crippen LogP contribution in [0, 0.1) is 11.3 Å². The van der Waals surface area contributed by atoms with Crippen LogP contribution in [0.5, 0.6) is 0 Å². The first-order valence-electron chi connectivity index (χ1n) is 19.4. The Bertz CT molecular complexity index is 1560. The summed E-state index contributed by atoms with van der Waals surface area (Å²) in [6, 6.07) is -0.294. The molecule has 302 valence electrons. The quantitative estimate of drug-likeness (QED) is 0.229. The number of hydrogen-bond acceptors (Lipinski definition) is 9. The molecule has 3 N–H and O–H groups in total. The van der Waals surface area contributed by atoms with Crippen LogP contribution in [-0.2, 0) is 30.5 Å². The number of Topliss-reactive ketones (excluding diaryl/α,β-unsaturated/α-hetero) is 1. The second-order valence-electron chi connectivity index (χ2n) is 15.3. The fraction of sp³-hybridized carbons (Fsp3) is 0.625. The molecular weight excluding hydrogens is 688 g/mol. The number of aromatic nitrogens is 3. The van der Waals surface area contributed by atoms with Gasteiger partial charge in [0.25, 0.3) is 11.8 Å². The van der Waals surface area contributed by atoms with E-state index in [2.05, 4.69) is 44.7 Å². The predicted molar refractivity (Wildman–Crippen MR) is 211 cm³/mol. The van der Waals surface area contributed by atoms with E-state index in [-0.39, 0.29) is 28.9 Å². The van der Waals surface area contributed by atoms with Crippen LogP contribution in [0.15, 0.2) is 43.1 Å². The molecule has 1 aliphatic carbocycles. The summed E-state index contributed by atoms with van der Waals surface area (Å²) in [5, 5.41) is 8.46. The average Bonchev–Trinajstić information content (AvgIpc) is 3.67. The van der Waals surface area contributed by atoms with Crippen molar-refractivity contribution in [1.82, 2.24) is 40.7 Å². The van der Waals surface area contributed by atoms with Crippen molar-refractivity contribution in [3.05, 3.63) is 54.4 Å². The highest BCUT2D eigenvalue weighted by Crippen LogP contribution is 2.30. The van der Waals surface area contributed by atoms with E-state index < -0.39 is 64.9 Å². The highest BCUT2D eigenvalue weighted by molar-refractivity contribution is 6.38. The number of rotatable bonds is 14. The van der Waals surface area contributed by atoms with Gasteiger partial charge in [0.15, 0.2) is 0 Å². The second kappa shape index (κ2) is 21.2. The molecule has 0 aromatic carbocycles. The molecule has 4 rings (SSSR count). The molecule has 1 saturated carbocycles. The molecule has 4 atom stereocenters. The second-order valence-corrected chi connectivity index (χ2v) is 15.3. The van der Waals surface area contributed by atoms with Crippen molar-refractivity contribution in [1.29, 1.82) is 0 Å². The van der Waals surface area contributed by atoms with Crippen LogP contribution < -0.4 is 16.0 Å². The monoisotopic (exact) mass is 755 g/mol. The van der Waals surface area contributed by atoms with Gasteiger partial charge < -0.3 is 25.8 Å². The molecule has 1 saturated heterocycles. The predicted octanol–water partition coefficient (Wildman–Crippen LogP) is 4.74. The molecule has 2 aliphatic rings. The summed E-state index contributed by atoms with van der Waals surface area (Å²) >= 11 is 0. The van der Waals surface area contributed by atoms with Crippen molar-refractivity contribution in [3.63, 3.8) is 0 Å². The zero-order valence-corrected chi connectivity index (χ0v) is 33.1. The van der Waals surface area contributed by atoms with E-state index >= 15 is 0 Å². The summed E-state index contributed by atoms with van der Waals surface area (Å²) in [6.07, 6.45) is 14.8. The largest absolute Gasteiger partial charge is 0.345 e. The van der Waals surface area contributed by atoms with E-state index in [1.165, 1.54) is 41.9 Å². The van der Waals surface area contributed by atoms with Crippen LogP contribution >= 0.6 is 0 Å². The Labute approximate surface area is 324 Å². The van der Waals surface area contributed by atoms with Crippen molar-refractivity contribution in [2.24, 2.45) is 11.3 Å². The minimum absolute atomic E-state index is 0. The molecule has 0 spiro atoms. The molecule has 5 amide bonds. The molecular formula is C40H66N8O6. The average molecular weight is 755 g/mol. The van der Waals surface area contributed by atoms with E-state index in [1.807, 2.05) is 27.7 Å². The maximum Gasteiger partial charge on any atom is 0.289 e. The number of hydrogen-bond donors (Lipinski definition) is 3. The first kappa shape index (κ1) is 43.7. The zero-order valence-electron chi connectivity index (χ0n) is 33.1. The van der Waals surface area contributed by atoms with Gasteiger partial charge in [0, 0.05) is 49.2 Å². The van der Waals surface area contributed by atoms with Gasteiger partial charge in [0.05, 0.1) is 12.2 Å². The summed E-state index contributed by atoms with van der Waals surface area (Å²) in [5.41, 5.74) is 0.0603. The van der Waals surface area contributed by atoms with Gasteiger partial charge in [-0.05, 0) is 55.1 Å². The lowest BCUT2D eigenvalue weighted by Gasteiger charge is -2.38. The molecule has 14 heteroatoms. The standard InChI is InChI=1S/C37H52N8O6.C3H8.3H2/c1-6-12-27(30(46)34(49)41-22-24-13-10-17-38-21-24)44(5)35(50)28-16-11-20-45(28)36(51)31(37(2,3)4)43-33(48)29(25-14-8-7-9-15-25)42-32(47)26-23-39-18-19-40-26;1-3-2;;;/h10,13,17-19,21,23,25,27-29,31H,6-9,11-12,14-16,20,22H2,1-5H3,(H,41,49)(H,42,47)(H,43,48);3H2,1-2H3;3*1H/t27-,28-,29-,31+;;;;/m0..../s1. The maximum absolute atomic E-state index is 14.4. The molecule has 2 fully saturated rings. The van der Waals surface area contributed by atoms with Gasteiger partial charge in [0.1, 0.15) is 23.8 Å². The molecule has 54 heavy (non-hydrogen) atoms. The Hall–Kier alpha value is -4.75. The normalized spacial score (nSPS) is 17.5. The summed E-state index contributed by atoms with van der Waals surface area (Å²) in [5.74, 6) is -3.52. The third kappa shape index (κ3) is 12.1. The zero-order chi connectivity index (χ0) is 39.8. The summed E-state index contributed by atoms with van der Waals surface area (Å²) in [4.78, 5) is 96.7. The fourth-order valence-electron chi connectivity index (χ4n) is 6.92. The molecule has 3 heterocycles. The molecule has 0 unspecified atom stereocenters. The molecule has 0 radical (unpaired) electrons. The minimum atomic E-state index is -1.02. The highest BCUT2D eigenvalue weighted by atomic mass is 16.2. The third-order valence-electron chi connectivity index (χ3n) is 9.79. The number of carbonyl (C=O) groups is 6. The van der Waals surface area contributed by atoms with Crippen molar-refractivity contribution in [3.8, 4) is 0 Å². The van der Waals surface area contributed by atoms with Crippen LogP contribution in [0.2, 0.25) is 0 Å². The number of carbonyl (C=O) groups excluding carboxylic acids is 6. The first-order valence-corrected chi connectivity index (χ1v) is 19.4. The topological polar surface area (TPSA) is 184 Å². The van der Waals surface area contributed by atoms with Gasteiger partial charge in [-0.2, -0.15) is 0 Å². The SMILES string of the molecule is CCC.CCC[C@@H](C(=O)C(=O)NCc1cccnc1)N(C)C(=O)[C@@H]1CCCN1C(=O)[C@@H](NC(=O)[C@@H](NC(=O)c1cnccn1)C1CCCCC1)C(C)(C)C.[HH].[HH].[HH]. The fourth-order valence-corrected chi connectivity index (χ4v) is 6.92. The first-order chi connectivity index (χ1) is 25.7. The summed E-state index contributed by atoms with van der Waals surface area (Å²) < 4.78 is 0. The molecule has 2 aromatic rings. The van der Waals surface area contributed by atoms with Gasteiger partial charge in [-0.25, -0.2) is 4.98 Å². The molecule has 1 aliphatic heterocycles. The number of pyridine rings is 1. The van der Waals surface area contributed by atoms with Crippen molar-refractivity contribution >= 4 is 35.3 Å². The van der Waals surface area contributed by atoms with Gasteiger partial charge in [0.2, 0.25) is 23.5 Å². The van der Waals surface area contributed by atoms with Crippen molar-refractivity contribution in [2.75, 3.05) is 13.6 Å². The van der Waals surface area contributed by atoms with Gasteiger partial charge in [-0.15, -0.1) is 0 Å². The Morgan fingerprint density at radius 1 is 0.926 bits per heavy atom. The Balaban J connectivity index is 0.00000506. The van der Waals surface area contributed by atoms with E-state index in [0.29, 0.717) is 25.8 Å². The maximum atomic E-state index is 14.4. The van der Waals surface area contributed by atoms with E-state index in [9.17, 15) is 28.8 Å². The van der Waals surface area contributed by atoms with Gasteiger partial charge >= 0.3 is 0 Å². The molecule has 2 aromatic heterocycles. The lowest BCUT2D eigenvalue weighted by Crippen LogP contribution is -2.62. The minimum Gasteiger partial charge on any atom is -0.345 e. The van der Waals surface area contributed by atoms with Crippen LogP contribution in [0.1, 0.15) is 126 Å². The third-order valence-corrected chi connectivity index (χ3v) is 9.79. The molecule has 14 nitrogen and oxygen atoms in total. The van der Waals surface area contributed by atoms with E-state index in [0.717, 1.165) is 37.7 Å². The smallest absolute Gasteiger partial charge is 0.289 e. The van der Waals surface area contributed by atoms with Crippen LogP contribution in [0.4, 0.5) is 0 Å². The number of nitrogens with one attached hydrogen (secondary N) is 3. The van der Waals surface area contributed by atoms with Crippen molar-refractivity contribution < 1.29 is 33.0 Å². The Morgan fingerprint density at radius 3 is 2.20 bits per heavy atom. The van der Waals surface area contributed by atoms with E-state index in [4.69, 9.17) is 0 Å². The number of ketones is 1. The summed E-state index contributed by atoms with van der Waals surface area (Å²) in [7, 11) is 1.49. The lowest BCUT2D eigenvalue weighted by atomic mass is 9.82. The number of likely N-dealkylation sites (tertiary alicyclic amines) is 1. The lowest BCUT2D eigenvalue weighted by molar-refractivity contribution is -0.151. The van der Waals surface area contributed by atoms with Gasteiger partial charge in [-0.1, -0.05) is 79.7 Å². The number of likely N-dealkylation sites (N-methyl/N-ethyl adjacent to an activating group) is 1. The highest BCUT2D eigenvalue weighted by Gasteiger charge is 2.45. The Morgan fingerprint density at radius 2 is 1.61 bits per heavy atom. The van der Waals surface area contributed by atoms with Crippen LogP contribution in [0.25, 0.3) is 0 Å². The summed E-state index contributed by atoms with van der Waals surface area (Å²) in [6.45, 7) is 12.0. The molecule has 0 bridgehead atoms. The number of nitrogens with zero attached hydrogens (tertiary/aromatic N) is 5. The van der Waals surface area contributed by atoms with Crippen LogP contribution in [-0.4, -0.2) is 97.8 Å². The Kier molecular flexibility index (Phi) is 17.2. The van der Waals surface area contributed by atoms with Crippen molar-refractivity contribution in [2.45, 2.75) is 136 Å². The number of amides is 5. The van der Waals surface area contributed by atoms with Gasteiger partial charge in [-0.3, -0.25) is 38.7 Å².